The highest BCUT2D eigenvalue weighted by Gasteiger charge is 2.31. The first-order valence-electron chi connectivity index (χ1n) is 6.13. The fraction of sp³-hybridized carbons (Fsp3) is 0.286. The zero-order valence-electron chi connectivity index (χ0n) is 9.93. The predicted octanol–water partition coefficient (Wildman–Crippen LogP) is 1.90. The van der Waals surface area contributed by atoms with Gasteiger partial charge in [0.25, 0.3) is 0 Å². The third-order valence-electron chi connectivity index (χ3n) is 3.57. The average Bonchev–Trinajstić information content (AvgIpc) is 3.03. The SMILES string of the molecule is O=CC(=O)C1CCCN1c1c[nH]c2ccccc12. The lowest BCUT2D eigenvalue weighted by Gasteiger charge is -2.23. The van der Waals surface area contributed by atoms with Crippen LogP contribution >= 0.6 is 0 Å². The quantitative estimate of drug-likeness (QED) is 0.660. The van der Waals surface area contributed by atoms with Gasteiger partial charge in [-0.1, -0.05) is 18.2 Å². The second-order valence-electron chi connectivity index (χ2n) is 4.59. The highest BCUT2D eigenvalue weighted by Crippen LogP contribution is 2.32. The number of benzene rings is 1. The number of anilines is 1. The van der Waals surface area contributed by atoms with Crippen molar-refractivity contribution in [2.75, 3.05) is 11.4 Å². The predicted molar refractivity (Wildman–Crippen MR) is 69.7 cm³/mol. The Morgan fingerprint density at radius 1 is 1.39 bits per heavy atom. The number of carbonyl (C=O) groups excluding carboxylic acids is 2. The van der Waals surface area contributed by atoms with Crippen LogP contribution in [0.3, 0.4) is 0 Å². The van der Waals surface area contributed by atoms with Crippen molar-refractivity contribution in [1.82, 2.24) is 4.98 Å². The Labute approximate surface area is 105 Å². The van der Waals surface area contributed by atoms with E-state index >= 15 is 0 Å². The first-order valence-corrected chi connectivity index (χ1v) is 6.13. The average molecular weight is 242 g/mol. The van der Waals surface area contributed by atoms with Gasteiger partial charge in [0, 0.05) is 23.6 Å². The molecule has 1 atom stereocenters. The van der Waals surface area contributed by atoms with Crippen LogP contribution in [0.1, 0.15) is 12.8 Å². The maximum atomic E-state index is 11.6. The summed E-state index contributed by atoms with van der Waals surface area (Å²) in [6.45, 7) is 0.825. The van der Waals surface area contributed by atoms with Crippen molar-refractivity contribution in [2.24, 2.45) is 0 Å². The summed E-state index contributed by atoms with van der Waals surface area (Å²) in [4.78, 5) is 27.6. The Hall–Kier alpha value is -2.10. The number of hydrogen-bond acceptors (Lipinski definition) is 3. The number of H-pyrrole nitrogens is 1. The lowest BCUT2D eigenvalue weighted by Crippen LogP contribution is -2.36. The number of Topliss-reactive ketones (excluding diaryl/α,β-unsaturated/α-hetero) is 1. The Bertz CT molecular complexity index is 603. The summed E-state index contributed by atoms with van der Waals surface area (Å²) in [7, 11) is 0. The zero-order chi connectivity index (χ0) is 12.5. The number of rotatable bonds is 3. The second kappa shape index (κ2) is 4.29. The van der Waals surface area contributed by atoms with Crippen molar-refractivity contribution < 1.29 is 9.59 Å². The number of nitrogens with zero attached hydrogens (tertiary/aromatic N) is 1. The van der Waals surface area contributed by atoms with Crippen LogP contribution in [-0.4, -0.2) is 29.6 Å². The van der Waals surface area contributed by atoms with E-state index in [2.05, 4.69) is 4.98 Å². The Kier molecular flexibility index (Phi) is 2.63. The maximum absolute atomic E-state index is 11.6. The molecule has 0 aliphatic carbocycles. The first kappa shape index (κ1) is 11.0. The number of aromatic nitrogens is 1. The van der Waals surface area contributed by atoms with E-state index in [9.17, 15) is 9.59 Å². The van der Waals surface area contributed by atoms with Crippen LogP contribution in [0, 0.1) is 0 Å². The van der Waals surface area contributed by atoms with Crippen molar-refractivity contribution in [2.45, 2.75) is 18.9 Å². The van der Waals surface area contributed by atoms with Crippen molar-refractivity contribution in [3.05, 3.63) is 30.5 Å². The molecule has 1 aromatic heterocycles. The molecule has 1 saturated heterocycles. The van der Waals surface area contributed by atoms with Gasteiger partial charge in [0.1, 0.15) is 0 Å². The van der Waals surface area contributed by atoms with Gasteiger partial charge in [-0.25, -0.2) is 0 Å². The van der Waals surface area contributed by atoms with Crippen LogP contribution < -0.4 is 4.90 Å². The number of carbonyl (C=O) groups is 2. The van der Waals surface area contributed by atoms with Gasteiger partial charge in [0.05, 0.1) is 11.7 Å². The monoisotopic (exact) mass is 242 g/mol. The van der Waals surface area contributed by atoms with Crippen LogP contribution in [0.25, 0.3) is 10.9 Å². The summed E-state index contributed by atoms with van der Waals surface area (Å²) in [6, 6.07) is 7.70. The first-order chi connectivity index (χ1) is 8.81. The van der Waals surface area contributed by atoms with E-state index in [-0.39, 0.29) is 11.8 Å². The van der Waals surface area contributed by atoms with Gasteiger partial charge >= 0.3 is 0 Å². The zero-order valence-corrected chi connectivity index (χ0v) is 9.93. The number of hydrogen-bond donors (Lipinski definition) is 1. The number of para-hydroxylation sites is 1. The summed E-state index contributed by atoms with van der Waals surface area (Å²) in [5, 5.41) is 1.10. The standard InChI is InChI=1S/C14H14N2O2/c17-9-14(18)12-6-3-7-16(12)13-8-15-11-5-2-1-4-10(11)13/h1-2,4-5,8-9,12,15H,3,6-7H2. The number of ketones is 1. The number of aldehydes is 1. The van der Waals surface area contributed by atoms with E-state index in [1.54, 1.807) is 0 Å². The van der Waals surface area contributed by atoms with Crippen LogP contribution in [0.15, 0.2) is 30.5 Å². The summed E-state index contributed by atoms with van der Waals surface area (Å²) in [6.07, 6.45) is 4.07. The minimum absolute atomic E-state index is 0.290. The number of nitrogens with one attached hydrogen (secondary N) is 1. The van der Waals surface area contributed by atoms with Gasteiger partial charge in [-0.15, -0.1) is 0 Å². The molecule has 0 spiro atoms. The molecule has 0 amide bonds. The molecule has 2 heterocycles. The maximum Gasteiger partial charge on any atom is 0.217 e. The summed E-state index contributed by atoms with van der Waals surface area (Å²) in [5.41, 5.74) is 2.07. The smallest absolute Gasteiger partial charge is 0.217 e. The van der Waals surface area contributed by atoms with Crippen molar-refractivity contribution in [3.8, 4) is 0 Å². The lowest BCUT2D eigenvalue weighted by atomic mass is 10.1. The molecule has 1 aliphatic rings. The normalized spacial score (nSPS) is 19.3. The summed E-state index contributed by atoms with van der Waals surface area (Å²) in [5.74, 6) is -0.321. The molecule has 1 aliphatic heterocycles. The van der Waals surface area contributed by atoms with E-state index in [0.29, 0.717) is 6.29 Å². The summed E-state index contributed by atoms with van der Waals surface area (Å²) < 4.78 is 0. The van der Waals surface area contributed by atoms with Crippen molar-refractivity contribution in [3.63, 3.8) is 0 Å². The number of fused-ring (bicyclic) bond motifs is 1. The molecule has 92 valence electrons. The summed E-state index contributed by atoms with van der Waals surface area (Å²) >= 11 is 0. The van der Waals surface area contributed by atoms with Gasteiger partial charge in [-0.2, -0.15) is 0 Å². The molecule has 4 nitrogen and oxygen atoms in total. The van der Waals surface area contributed by atoms with Gasteiger partial charge in [0.2, 0.25) is 5.78 Å². The minimum Gasteiger partial charge on any atom is -0.359 e. The van der Waals surface area contributed by atoms with E-state index < -0.39 is 0 Å². The van der Waals surface area contributed by atoms with E-state index in [1.807, 2.05) is 35.4 Å². The van der Waals surface area contributed by atoms with Crippen LogP contribution in [0.2, 0.25) is 0 Å². The fourth-order valence-corrected chi connectivity index (χ4v) is 2.72. The topological polar surface area (TPSA) is 53.2 Å². The highest BCUT2D eigenvalue weighted by molar-refractivity contribution is 6.28. The van der Waals surface area contributed by atoms with Gasteiger partial charge in [0.15, 0.2) is 6.29 Å². The minimum atomic E-state index is -0.321. The second-order valence-corrected chi connectivity index (χ2v) is 4.59. The number of aromatic amines is 1. The third kappa shape index (κ3) is 1.61. The molecular formula is C14H14N2O2. The largest absolute Gasteiger partial charge is 0.359 e. The molecule has 3 rings (SSSR count). The molecule has 2 aromatic rings. The molecule has 4 heteroatoms. The highest BCUT2D eigenvalue weighted by atomic mass is 16.2. The van der Waals surface area contributed by atoms with Gasteiger partial charge < -0.3 is 9.88 Å². The van der Waals surface area contributed by atoms with E-state index in [1.165, 1.54) is 0 Å². The van der Waals surface area contributed by atoms with Gasteiger partial charge in [-0.05, 0) is 18.9 Å². The molecular weight excluding hydrogens is 228 g/mol. The van der Waals surface area contributed by atoms with E-state index in [4.69, 9.17) is 0 Å². The van der Waals surface area contributed by atoms with Gasteiger partial charge in [-0.3, -0.25) is 9.59 Å². The third-order valence-corrected chi connectivity index (χ3v) is 3.57. The van der Waals surface area contributed by atoms with Crippen molar-refractivity contribution in [1.29, 1.82) is 0 Å². The van der Waals surface area contributed by atoms with Crippen molar-refractivity contribution >= 4 is 28.7 Å². The fourth-order valence-electron chi connectivity index (χ4n) is 2.72. The molecule has 1 N–H and O–H groups in total. The van der Waals surface area contributed by atoms with Crippen LogP contribution in [0.5, 0.6) is 0 Å². The molecule has 0 bridgehead atoms. The molecule has 0 radical (unpaired) electrons. The Balaban J connectivity index is 2.03. The van der Waals surface area contributed by atoms with E-state index in [0.717, 1.165) is 36.0 Å². The van der Waals surface area contributed by atoms with Crippen LogP contribution in [-0.2, 0) is 9.59 Å². The Morgan fingerprint density at radius 2 is 2.22 bits per heavy atom. The molecule has 1 aromatic carbocycles. The molecule has 1 unspecified atom stereocenters. The molecule has 0 saturated carbocycles. The lowest BCUT2D eigenvalue weighted by molar-refractivity contribution is -0.130. The van der Waals surface area contributed by atoms with Crippen LogP contribution in [0.4, 0.5) is 5.69 Å². The molecule has 1 fully saturated rings. The Morgan fingerprint density at radius 3 is 3.06 bits per heavy atom. The molecule has 18 heavy (non-hydrogen) atoms.